The van der Waals surface area contributed by atoms with E-state index < -0.39 is 0 Å². The molecule has 22 heavy (non-hydrogen) atoms. The van der Waals surface area contributed by atoms with Gasteiger partial charge in [-0.1, -0.05) is 63.3 Å². The molecule has 0 saturated heterocycles. The Morgan fingerprint density at radius 3 is 2.59 bits per heavy atom. The van der Waals surface area contributed by atoms with E-state index in [2.05, 4.69) is 13.8 Å². The number of para-hydroxylation sites is 1. The molecular formula is C18H29ClO3. The Hall–Kier alpha value is -0.770. The molecule has 0 bridgehead atoms. The molecule has 1 aromatic rings. The number of ether oxygens (including phenoxy) is 3. The smallest absolute Gasteiger partial charge is 0.147 e. The van der Waals surface area contributed by atoms with Gasteiger partial charge in [-0.05, 0) is 25.0 Å². The van der Waals surface area contributed by atoms with E-state index in [4.69, 9.17) is 25.8 Å². The summed E-state index contributed by atoms with van der Waals surface area (Å²) in [4.78, 5) is 0. The molecule has 0 spiro atoms. The average molecular weight is 329 g/mol. The summed E-state index contributed by atoms with van der Waals surface area (Å²) in [5.74, 6) is 0.709. The highest BCUT2D eigenvalue weighted by molar-refractivity contribution is 6.32. The van der Waals surface area contributed by atoms with E-state index in [1.54, 1.807) is 0 Å². The number of hydrogen-bond acceptors (Lipinski definition) is 3. The first-order chi connectivity index (χ1) is 10.8. The first kappa shape index (κ1) is 19.3. The molecule has 1 aromatic carbocycles. The molecule has 0 aliphatic heterocycles. The summed E-state index contributed by atoms with van der Waals surface area (Å²) in [7, 11) is 0. The Morgan fingerprint density at radius 1 is 1.05 bits per heavy atom. The minimum absolute atomic E-state index is 0.0463. The maximum absolute atomic E-state index is 6.11. The summed E-state index contributed by atoms with van der Waals surface area (Å²) in [6, 6.07) is 7.53. The summed E-state index contributed by atoms with van der Waals surface area (Å²) in [5.41, 5.74) is 0. The Labute approximate surface area is 139 Å². The Morgan fingerprint density at radius 2 is 1.86 bits per heavy atom. The average Bonchev–Trinajstić information content (AvgIpc) is 2.53. The van der Waals surface area contributed by atoms with Gasteiger partial charge in [-0.25, -0.2) is 0 Å². The van der Waals surface area contributed by atoms with Crippen molar-refractivity contribution >= 4 is 11.6 Å². The molecule has 3 nitrogen and oxygen atoms in total. The van der Waals surface area contributed by atoms with Gasteiger partial charge in [0, 0.05) is 6.61 Å². The second-order valence-electron chi connectivity index (χ2n) is 5.41. The lowest BCUT2D eigenvalue weighted by atomic mass is 10.1. The maximum Gasteiger partial charge on any atom is 0.147 e. The largest absolute Gasteiger partial charge is 0.489 e. The molecule has 0 aliphatic carbocycles. The van der Waals surface area contributed by atoms with Crippen molar-refractivity contribution in [1.82, 2.24) is 0 Å². The van der Waals surface area contributed by atoms with Crippen LogP contribution >= 0.6 is 11.6 Å². The first-order valence-electron chi connectivity index (χ1n) is 8.34. The SMILES string of the molecule is CCCCCCC(COc1ccccc1Cl)OCOCCC. The van der Waals surface area contributed by atoms with Gasteiger partial charge >= 0.3 is 0 Å². The van der Waals surface area contributed by atoms with Crippen LogP contribution in [0.2, 0.25) is 5.02 Å². The zero-order valence-electron chi connectivity index (χ0n) is 13.9. The van der Waals surface area contributed by atoms with Gasteiger partial charge in [-0.15, -0.1) is 0 Å². The molecule has 4 heteroatoms. The van der Waals surface area contributed by atoms with Crippen LogP contribution in [0.5, 0.6) is 5.75 Å². The van der Waals surface area contributed by atoms with Crippen LogP contribution in [0, 0.1) is 0 Å². The van der Waals surface area contributed by atoms with Crippen molar-refractivity contribution in [3.63, 3.8) is 0 Å². The van der Waals surface area contributed by atoms with Gasteiger partial charge in [0.2, 0.25) is 0 Å². The van der Waals surface area contributed by atoms with Crippen LogP contribution in [0.25, 0.3) is 0 Å². The molecule has 0 fully saturated rings. The van der Waals surface area contributed by atoms with Gasteiger partial charge in [0.05, 0.1) is 11.1 Å². The first-order valence-corrected chi connectivity index (χ1v) is 8.72. The van der Waals surface area contributed by atoms with Crippen molar-refractivity contribution in [3.8, 4) is 5.75 Å². The third-order valence-electron chi connectivity index (χ3n) is 3.38. The number of benzene rings is 1. The van der Waals surface area contributed by atoms with Crippen molar-refractivity contribution in [1.29, 1.82) is 0 Å². The molecule has 0 saturated carbocycles. The van der Waals surface area contributed by atoms with Crippen molar-refractivity contribution in [2.24, 2.45) is 0 Å². The Kier molecular flexibility index (Phi) is 11.2. The van der Waals surface area contributed by atoms with Crippen molar-refractivity contribution in [3.05, 3.63) is 29.3 Å². The molecule has 0 aromatic heterocycles. The molecule has 0 radical (unpaired) electrons. The summed E-state index contributed by atoms with van der Waals surface area (Å²) >= 11 is 6.11. The van der Waals surface area contributed by atoms with E-state index in [1.165, 1.54) is 19.3 Å². The Balaban J connectivity index is 2.36. The van der Waals surface area contributed by atoms with Crippen LogP contribution in [0.3, 0.4) is 0 Å². The van der Waals surface area contributed by atoms with Gasteiger partial charge in [-0.2, -0.15) is 0 Å². The molecule has 0 N–H and O–H groups in total. The third kappa shape index (κ3) is 8.62. The lowest BCUT2D eigenvalue weighted by Crippen LogP contribution is -2.23. The fourth-order valence-electron chi connectivity index (χ4n) is 2.11. The van der Waals surface area contributed by atoms with E-state index in [9.17, 15) is 0 Å². The predicted molar refractivity (Wildman–Crippen MR) is 91.7 cm³/mol. The lowest BCUT2D eigenvalue weighted by molar-refractivity contribution is -0.102. The van der Waals surface area contributed by atoms with Crippen LogP contribution in [0.1, 0.15) is 52.4 Å². The third-order valence-corrected chi connectivity index (χ3v) is 3.69. The minimum Gasteiger partial charge on any atom is -0.489 e. The van der Waals surface area contributed by atoms with Gasteiger partial charge in [-0.3, -0.25) is 0 Å². The normalized spacial score (nSPS) is 12.3. The van der Waals surface area contributed by atoms with Crippen LogP contribution < -0.4 is 4.74 Å². The fourth-order valence-corrected chi connectivity index (χ4v) is 2.30. The molecule has 1 rings (SSSR count). The molecule has 1 atom stereocenters. The van der Waals surface area contributed by atoms with Gasteiger partial charge < -0.3 is 14.2 Å². The summed E-state index contributed by atoms with van der Waals surface area (Å²) in [6.45, 7) is 5.87. The quantitative estimate of drug-likeness (QED) is 0.355. The van der Waals surface area contributed by atoms with Crippen LogP contribution in [0.15, 0.2) is 24.3 Å². The number of halogens is 1. The molecular weight excluding hydrogens is 300 g/mol. The van der Waals surface area contributed by atoms with Crippen molar-refractivity contribution < 1.29 is 14.2 Å². The highest BCUT2D eigenvalue weighted by atomic mass is 35.5. The van der Waals surface area contributed by atoms with E-state index in [-0.39, 0.29) is 6.10 Å². The topological polar surface area (TPSA) is 27.7 Å². The lowest BCUT2D eigenvalue weighted by Gasteiger charge is -2.19. The second kappa shape index (κ2) is 12.7. The predicted octanol–water partition coefficient (Wildman–Crippen LogP) is 5.46. The highest BCUT2D eigenvalue weighted by Crippen LogP contribution is 2.23. The van der Waals surface area contributed by atoms with Crippen molar-refractivity contribution in [2.75, 3.05) is 20.0 Å². The molecule has 0 amide bonds. The fraction of sp³-hybridized carbons (Fsp3) is 0.667. The van der Waals surface area contributed by atoms with E-state index in [1.807, 2.05) is 24.3 Å². The van der Waals surface area contributed by atoms with Gasteiger partial charge in [0.25, 0.3) is 0 Å². The van der Waals surface area contributed by atoms with Crippen LogP contribution in [-0.2, 0) is 9.47 Å². The van der Waals surface area contributed by atoms with Gasteiger partial charge in [0.1, 0.15) is 19.1 Å². The zero-order chi connectivity index (χ0) is 16.0. The Bertz CT molecular complexity index is 372. The van der Waals surface area contributed by atoms with E-state index in [0.717, 1.165) is 25.9 Å². The standard InChI is InChI=1S/C18H29ClO3/c1-3-5-6-7-10-16(22-15-20-13-4-2)14-21-18-12-9-8-11-17(18)19/h8-9,11-12,16H,3-7,10,13-15H2,1-2H3. The zero-order valence-corrected chi connectivity index (χ0v) is 14.6. The molecule has 1 unspecified atom stereocenters. The monoisotopic (exact) mass is 328 g/mol. The molecule has 126 valence electrons. The van der Waals surface area contributed by atoms with Crippen LogP contribution in [-0.4, -0.2) is 26.1 Å². The van der Waals surface area contributed by atoms with Crippen molar-refractivity contribution in [2.45, 2.75) is 58.5 Å². The number of hydrogen-bond donors (Lipinski definition) is 0. The second-order valence-corrected chi connectivity index (χ2v) is 5.81. The van der Waals surface area contributed by atoms with E-state index in [0.29, 0.717) is 24.2 Å². The summed E-state index contributed by atoms with van der Waals surface area (Å²) < 4.78 is 17.0. The highest BCUT2D eigenvalue weighted by Gasteiger charge is 2.11. The van der Waals surface area contributed by atoms with Gasteiger partial charge in [0.15, 0.2) is 0 Å². The summed E-state index contributed by atoms with van der Waals surface area (Å²) in [6.07, 6.45) is 6.92. The minimum atomic E-state index is 0.0463. The molecule has 0 aliphatic rings. The number of unbranched alkanes of at least 4 members (excludes halogenated alkanes) is 3. The molecule has 0 heterocycles. The number of rotatable bonds is 13. The van der Waals surface area contributed by atoms with E-state index >= 15 is 0 Å². The van der Waals surface area contributed by atoms with Crippen LogP contribution in [0.4, 0.5) is 0 Å². The maximum atomic E-state index is 6.11. The summed E-state index contributed by atoms with van der Waals surface area (Å²) in [5, 5.41) is 0.634.